The molecule has 6 heteroatoms. The summed E-state index contributed by atoms with van der Waals surface area (Å²) in [6, 6.07) is 0.246. The molecule has 0 aromatic carbocycles. The summed E-state index contributed by atoms with van der Waals surface area (Å²) in [6.07, 6.45) is 4.47. The predicted octanol–water partition coefficient (Wildman–Crippen LogP) is 2.49. The van der Waals surface area contributed by atoms with E-state index < -0.39 is 0 Å². The molecule has 1 unspecified atom stereocenters. The number of rotatable bonds is 3. The fourth-order valence-electron chi connectivity index (χ4n) is 2.75. The molecule has 1 saturated carbocycles. The van der Waals surface area contributed by atoms with Gasteiger partial charge in [0.15, 0.2) is 5.13 Å². The van der Waals surface area contributed by atoms with Crippen LogP contribution in [0.15, 0.2) is 0 Å². The monoisotopic (exact) mass is 296 g/mol. The third-order valence-electron chi connectivity index (χ3n) is 3.77. The van der Waals surface area contributed by atoms with Crippen molar-refractivity contribution < 1.29 is 4.79 Å². The first-order valence-corrected chi connectivity index (χ1v) is 7.85. The van der Waals surface area contributed by atoms with Crippen molar-refractivity contribution in [3.63, 3.8) is 0 Å². The molecule has 1 aromatic rings. The van der Waals surface area contributed by atoms with Crippen LogP contribution < -0.4 is 16.0 Å². The third-order valence-corrected chi connectivity index (χ3v) is 5.01. The Balaban J connectivity index is 2.05. The van der Waals surface area contributed by atoms with Crippen LogP contribution in [0, 0.1) is 5.41 Å². The van der Waals surface area contributed by atoms with E-state index in [1.807, 2.05) is 19.0 Å². The fraction of sp³-hybridized carbons (Fsp3) is 0.714. The molecule has 0 aliphatic heterocycles. The number of carbonyl (C=O) groups is 1. The van der Waals surface area contributed by atoms with E-state index in [9.17, 15) is 4.79 Å². The van der Waals surface area contributed by atoms with Gasteiger partial charge in [0.2, 0.25) is 0 Å². The molecular formula is C14H24N4OS. The summed E-state index contributed by atoms with van der Waals surface area (Å²) in [5.74, 6) is 0.238. The Bertz CT molecular complexity index is 495. The number of amides is 1. The van der Waals surface area contributed by atoms with Gasteiger partial charge >= 0.3 is 0 Å². The van der Waals surface area contributed by atoms with Crippen LogP contribution in [0.5, 0.6) is 0 Å². The van der Waals surface area contributed by atoms with E-state index in [1.165, 1.54) is 24.2 Å². The molecule has 0 bridgehead atoms. The fourth-order valence-corrected chi connectivity index (χ4v) is 3.56. The first kappa shape index (κ1) is 15.1. The van der Waals surface area contributed by atoms with Crippen LogP contribution in [0.2, 0.25) is 0 Å². The minimum Gasteiger partial charge on any atom is -0.382 e. The summed E-state index contributed by atoms with van der Waals surface area (Å²) in [5.41, 5.74) is 6.16. The molecule has 1 heterocycles. The lowest BCUT2D eigenvalue weighted by atomic mass is 9.75. The van der Waals surface area contributed by atoms with E-state index in [0.717, 1.165) is 18.0 Å². The van der Waals surface area contributed by atoms with Crippen LogP contribution in [0.4, 0.5) is 10.9 Å². The molecule has 0 spiro atoms. The largest absolute Gasteiger partial charge is 0.382 e. The molecule has 20 heavy (non-hydrogen) atoms. The number of hydrogen-bond acceptors (Lipinski definition) is 5. The van der Waals surface area contributed by atoms with Crippen LogP contribution in [-0.4, -0.2) is 31.0 Å². The Hall–Kier alpha value is -1.30. The third kappa shape index (κ3) is 3.42. The average Bonchev–Trinajstić information content (AvgIpc) is 2.70. The van der Waals surface area contributed by atoms with Gasteiger partial charge in [-0.25, -0.2) is 4.98 Å². The number of anilines is 2. The SMILES string of the molecule is CN(C)c1nc(N)c(C(=O)NC2CCCC(C)(C)C2)s1. The molecule has 0 saturated heterocycles. The molecule has 1 aromatic heterocycles. The van der Waals surface area contributed by atoms with Gasteiger partial charge in [-0.05, 0) is 24.7 Å². The molecule has 1 amide bonds. The Labute approximate surface area is 124 Å². The maximum Gasteiger partial charge on any atom is 0.265 e. The number of thiazole rings is 1. The lowest BCUT2D eigenvalue weighted by Crippen LogP contribution is -2.40. The molecule has 3 N–H and O–H groups in total. The topological polar surface area (TPSA) is 71.2 Å². The second-order valence-corrected chi connectivity index (χ2v) is 7.51. The maximum absolute atomic E-state index is 12.3. The number of carbonyl (C=O) groups excluding carboxylic acids is 1. The van der Waals surface area contributed by atoms with E-state index in [2.05, 4.69) is 24.1 Å². The zero-order valence-electron chi connectivity index (χ0n) is 12.7. The van der Waals surface area contributed by atoms with E-state index >= 15 is 0 Å². The summed E-state index contributed by atoms with van der Waals surface area (Å²) >= 11 is 1.34. The van der Waals surface area contributed by atoms with Crippen LogP contribution in [0.1, 0.15) is 49.2 Å². The summed E-state index contributed by atoms with van der Waals surface area (Å²) < 4.78 is 0. The lowest BCUT2D eigenvalue weighted by Gasteiger charge is -2.35. The van der Waals surface area contributed by atoms with Gasteiger partial charge in [0, 0.05) is 20.1 Å². The van der Waals surface area contributed by atoms with Crippen LogP contribution in [-0.2, 0) is 0 Å². The maximum atomic E-state index is 12.3. The van der Waals surface area contributed by atoms with Crippen molar-refractivity contribution in [1.82, 2.24) is 10.3 Å². The van der Waals surface area contributed by atoms with Gasteiger partial charge < -0.3 is 16.0 Å². The van der Waals surface area contributed by atoms with Gasteiger partial charge in [-0.3, -0.25) is 4.79 Å². The van der Waals surface area contributed by atoms with Crippen LogP contribution in [0.25, 0.3) is 0 Å². The quantitative estimate of drug-likeness (QED) is 0.899. The van der Waals surface area contributed by atoms with Crippen molar-refractivity contribution in [2.75, 3.05) is 24.7 Å². The molecular weight excluding hydrogens is 272 g/mol. The minimum atomic E-state index is -0.0872. The number of nitrogens with zero attached hydrogens (tertiary/aromatic N) is 2. The van der Waals surface area contributed by atoms with Gasteiger partial charge in [0.1, 0.15) is 10.7 Å². The van der Waals surface area contributed by atoms with Gasteiger partial charge in [0.25, 0.3) is 5.91 Å². The molecule has 2 rings (SSSR count). The summed E-state index contributed by atoms with van der Waals surface area (Å²) in [5, 5.41) is 3.88. The highest BCUT2D eigenvalue weighted by Gasteiger charge is 2.29. The number of nitrogens with one attached hydrogen (secondary N) is 1. The van der Waals surface area contributed by atoms with E-state index in [1.54, 1.807) is 0 Å². The first-order valence-electron chi connectivity index (χ1n) is 7.03. The highest BCUT2D eigenvalue weighted by molar-refractivity contribution is 7.18. The highest BCUT2D eigenvalue weighted by Crippen LogP contribution is 2.35. The van der Waals surface area contributed by atoms with Crippen molar-refractivity contribution in [1.29, 1.82) is 0 Å². The highest BCUT2D eigenvalue weighted by atomic mass is 32.1. The lowest BCUT2D eigenvalue weighted by molar-refractivity contribution is 0.0907. The van der Waals surface area contributed by atoms with Crippen molar-refractivity contribution in [3.8, 4) is 0 Å². The molecule has 1 atom stereocenters. The standard InChI is InChI=1S/C14H24N4OS/c1-14(2)7-5-6-9(8-14)16-12(19)10-11(15)17-13(20-10)18(3)4/h9H,5-8,15H2,1-4H3,(H,16,19). The smallest absolute Gasteiger partial charge is 0.265 e. The molecule has 112 valence electrons. The minimum absolute atomic E-state index is 0.0872. The van der Waals surface area contributed by atoms with Crippen molar-refractivity contribution in [2.24, 2.45) is 5.41 Å². The number of aromatic nitrogens is 1. The molecule has 1 aliphatic carbocycles. The van der Waals surface area contributed by atoms with Crippen molar-refractivity contribution in [3.05, 3.63) is 4.88 Å². The van der Waals surface area contributed by atoms with Gasteiger partial charge in [-0.15, -0.1) is 0 Å². The summed E-state index contributed by atoms with van der Waals surface area (Å²) in [7, 11) is 3.78. The molecule has 1 fully saturated rings. The van der Waals surface area contributed by atoms with Crippen molar-refractivity contribution >= 4 is 28.2 Å². The number of nitrogen functional groups attached to an aromatic ring is 1. The Morgan fingerprint density at radius 1 is 1.50 bits per heavy atom. The zero-order chi connectivity index (χ0) is 14.9. The molecule has 1 aliphatic rings. The second-order valence-electron chi connectivity index (χ2n) is 6.54. The van der Waals surface area contributed by atoms with Crippen LogP contribution in [0.3, 0.4) is 0 Å². The number of nitrogens with two attached hydrogens (primary N) is 1. The van der Waals surface area contributed by atoms with Crippen molar-refractivity contribution in [2.45, 2.75) is 45.6 Å². The van der Waals surface area contributed by atoms with E-state index in [0.29, 0.717) is 16.1 Å². The first-order chi connectivity index (χ1) is 9.28. The Morgan fingerprint density at radius 3 is 2.75 bits per heavy atom. The normalized spacial score (nSPS) is 21.5. The Kier molecular flexibility index (Phi) is 4.22. The predicted molar refractivity (Wildman–Crippen MR) is 84.4 cm³/mol. The summed E-state index contributed by atoms with van der Waals surface area (Å²) in [4.78, 5) is 18.9. The summed E-state index contributed by atoms with van der Waals surface area (Å²) in [6.45, 7) is 4.52. The van der Waals surface area contributed by atoms with E-state index in [4.69, 9.17) is 5.73 Å². The van der Waals surface area contributed by atoms with Crippen LogP contribution >= 0.6 is 11.3 Å². The van der Waals surface area contributed by atoms with Gasteiger partial charge in [-0.1, -0.05) is 31.6 Å². The average molecular weight is 296 g/mol. The Morgan fingerprint density at radius 2 is 2.20 bits per heavy atom. The zero-order valence-corrected chi connectivity index (χ0v) is 13.5. The van der Waals surface area contributed by atoms with Gasteiger partial charge in [0.05, 0.1) is 0 Å². The second kappa shape index (κ2) is 5.60. The molecule has 5 nitrogen and oxygen atoms in total. The number of hydrogen-bond donors (Lipinski definition) is 2. The van der Waals surface area contributed by atoms with E-state index in [-0.39, 0.29) is 11.9 Å². The molecule has 0 radical (unpaired) electrons. The van der Waals surface area contributed by atoms with Gasteiger partial charge in [-0.2, -0.15) is 0 Å².